The Morgan fingerprint density at radius 2 is 1.85 bits per heavy atom. The summed E-state index contributed by atoms with van der Waals surface area (Å²) in [5, 5.41) is 0. The number of hydrogen-bond donors (Lipinski definition) is 2. The van der Waals surface area contributed by atoms with E-state index >= 15 is 0 Å². The Morgan fingerprint density at radius 3 is 2.15 bits per heavy atom. The van der Waals surface area contributed by atoms with Crippen LogP contribution in [0.4, 0.5) is 8.78 Å². The first-order valence-electron chi connectivity index (χ1n) is 4.13. The molecule has 0 saturated carbocycles. The zero-order chi connectivity index (χ0) is 10.7. The van der Waals surface area contributed by atoms with Crippen molar-refractivity contribution in [2.24, 2.45) is 5.92 Å². The largest absolute Gasteiger partial charge is 0.358 e. The summed E-state index contributed by atoms with van der Waals surface area (Å²) in [5.41, 5.74) is 0. The number of rotatable bonds is 5. The number of ether oxygens (including phenoxy) is 1. The third-order valence-corrected chi connectivity index (χ3v) is 2.81. The monoisotopic (exact) mass is 230 g/mol. The van der Waals surface area contributed by atoms with Crippen LogP contribution < -0.4 is 0 Å². The highest BCUT2D eigenvalue weighted by Gasteiger charge is 2.42. The zero-order valence-corrected chi connectivity index (χ0v) is 9.84. The lowest BCUT2D eigenvalue weighted by Crippen LogP contribution is -2.34. The van der Waals surface area contributed by atoms with E-state index in [-0.39, 0.29) is 0 Å². The van der Waals surface area contributed by atoms with Gasteiger partial charge in [0.2, 0.25) is 0 Å². The molecular weight excluding hydrogens is 214 g/mol. The van der Waals surface area contributed by atoms with Crippen LogP contribution >= 0.6 is 25.3 Å². The van der Waals surface area contributed by atoms with Gasteiger partial charge in [0, 0.05) is 13.0 Å². The van der Waals surface area contributed by atoms with Gasteiger partial charge in [-0.05, 0) is 6.42 Å². The molecule has 0 aliphatic heterocycles. The van der Waals surface area contributed by atoms with Gasteiger partial charge in [-0.15, -0.1) is 25.3 Å². The van der Waals surface area contributed by atoms with E-state index in [9.17, 15) is 8.78 Å². The molecule has 0 N–H and O–H groups in total. The van der Waals surface area contributed by atoms with Gasteiger partial charge in [0.1, 0.15) is 0 Å². The maximum absolute atomic E-state index is 13.3. The molecule has 0 spiro atoms. The van der Waals surface area contributed by atoms with Gasteiger partial charge in [-0.1, -0.05) is 13.8 Å². The van der Waals surface area contributed by atoms with Crippen LogP contribution in [-0.4, -0.2) is 17.3 Å². The highest BCUT2D eigenvalue weighted by atomic mass is 32.2. The molecule has 0 amide bonds. The summed E-state index contributed by atoms with van der Waals surface area (Å²) < 4.78 is 30.0. The molecule has 80 valence electrons. The first-order valence-corrected chi connectivity index (χ1v) is 5.02. The standard InChI is InChI=1S/C8H16F2OS2/c1-4-6(2)7(9,10)5-8(12,13)11-3/h6,12-13H,4-5H2,1-3H3/t6-/m1/s1. The predicted molar refractivity (Wildman–Crippen MR) is 56.7 cm³/mol. The van der Waals surface area contributed by atoms with Gasteiger partial charge in [0.25, 0.3) is 5.92 Å². The second kappa shape index (κ2) is 4.84. The Kier molecular flexibility index (Phi) is 5.04. The van der Waals surface area contributed by atoms with E-state index in [1.807, 2.05) is 0 Å². The van der Waals surface area contributed by atoms with Gasteiger partial charge in [-0.3, -0.25) is 0 Å². The average Bonchev–Trinajstić information content (AvgIpc) is 2.01. The highest BCUT2D eigenvalue weighted by Crippen LogP contribution is 2.39. The lowest BCUT2D eigenvalue weighted by molar-refractivity contribution is -0.0836. The smallest absolute Gasteiger partial charge is 0.255 e. The molecular formula is C8H16F2OS2. The van der Waals surface area contributed by atoms with E-state index in [2.05, 4.69) is 25.3 Å². The molecule has 0 radical (unpaired) electrons. The average molecular weight is 230 g/mol. The lowest BCUT2D eigenvalue weighted by Gasteiger charge is -2.29. The van der Waals surface area contributed by atoms with E-state index in [0.717, 1.165) is 0 Å². The van der Waals surface area contributed by atoms with Crippen LogP contribution in [0, 0.1) is 5.92 Å². The van der Waals surface area contributed by atoms with Crippen molar-refractivity contribution in [1.82, 2.24) is 0 Å². The second-order valence-electron chi connectivity index (χ2n) is 3.19. The van der Waals surface area contributed by atoms with E-state index in [1.54, 1.807) is 6.92 Å². The number of halogens is 2. The third-order valence-electron chi connectivity index (χ3n) is 2.13. The van der Waals surface area contributed by atoms with Crippen LogP contribution in [0.25, 0.3) is 0 Å². The molecule has 0 bridgehead atoms. The fraction of sp³-hybridized carbons (Fsp3) is 1.00. The van der Waals surface area contributed by atoms with E-state index in [1.165, 1.54) is 14.0 Å². The maximum Gasteiger partial charge on any atom is 0.255 e. The van der Waals surface area contributed by atoms with Gasteiger partial charge < -0.3 is 4.74 Å². The van der Waals surface area contributed by atoms with E-state index < -0.39 is 22.5 Å². The molecule has 0 rings (SSSR count). The Balaban J connectivity index is 4.32. The number of alkyl halides is 2. The van der Waals surface area contributed by atoms with Crippen LogP contribution in [0.5, 0.6) is 0 Å². The van der Waals surface area contributed by atoms with Crippen molar-refractivity contribution in [3.63, 3.8) is 0 Å². The predicted octanol–water partition coefficient (Wildman–Crippen LogP) is 3.22. The SMILES string of the molecule is CC[C@@H](C)C(F)(F)CC(S)(S)OC. The summed E-state index contributed by atoms with van der Waals surface area (Å²) in [6.45, 7) is 3.23. The minimum atomic E-state index is -2.78. The van der Waals surface area contributed by atoms with Crippen LogP contribution in [0.3, 0.4) is 0 Å². The molecule has 0 saturated heterocycles. The molecule has 0 unspecified atom stereocenters. The van der Waals surface area contributed by atoms with Gasteiger partial charge in [-0.25, -0.2) is 8.78 Å². The van der Waals surface area contributed by atoms with E-state index in [0.29, 0.717) is 6.42 Å². The van der Waals surface area contributed by atoms with Crippen LogP contribution in [0.1, 0.15) is 26.7 Å². The van der Waals surface area contributed by atoms with Crippen LogP contribution in [0.2, 0.25) is 0 Å². The van der Waals surface area contributed by atoms with Crippen LogP contribution in [0.15, 0.2) is 0 Å². The Hall–Kier alpha value is 0.520. The fourth-order valence-corrected chi connectivity index (χ4v) is 1.27. The molecule has 0 fully saturated rings. The summed E-state index contributed by atoms with van der Waals surface area (Å²) in [7, 11) is 1.31. The second-order valence-corrected chi connectivity index (χ2v) is 4.99. The molecule has 13 heavy (non-hydrogen) atoms. The summed E-state index contributed by atoms with van der Waals surface area (Å²) in [6, 6.07) is 0. The van der Waals surface area contributed by atoms with E-state index in [4.69, 9.17) is 4.74 Å². The van der Waals surface area contributed by atoms with Gasteiger partial charge in [0.15, 0.2) is 4.27 Å². The quantitative estimate of drug-likeness (QED) is 0.544. The minimum absolute atomic E-state index is 0.425. The van der Waals surface area contributed by atoms with Crippen molar-refractivity contribution in [1.29, 1.82) is 0 Å². The summed E-state index contributed by atoms with van der Waals surface area (Å²) in [4.78, 5) is 0. The zero-order valence-electron chi connectivity index (χ0n) is 8.05. The van der Waals surface area contributed by atoms with Gasteiger partial charge in [-0.2, -0.15) is 0 Å². The summed E-state index contributed by atoms with van der Waals surface area (Å²) in [6.07, 6.45) is -0.0634. The minimum Gasteiger partial charge on any atom is -0.358 e. The molecule has 0 aromatic carbocycles. The third kappa shape index (κ3) is 4.51. The Bertz CT molecular complexity index is 162. The Morgan fingerprint density at radius 1 is 1.38 bits per heavy atom. The maximum atomic E-state index is 13.3. The van der Waals surface area contributed by atoms with Crippen LogP contribution in [-0.2, 0) is 4.74 Å². The van der Waals surface area contributed by atoms with Crippen molar-refractivity contribution in [2.45, 2.75) is 36.9 Å². The number of hydrogen-bond acceptors (Lipinski definition) is 3. The van der Waals surface area contributed by atoms with Crippen molar-refractivity contribution in [3.8, 4) is 0 Å². The van der Waals surface area contributed by atoms with Crippen molar-refractivity contribution in [2.75, 3.05) is 7.11 Å². The molecule has 0 aromatic rings. The molecule has 0 aliphatic rings. The van der Waals surface area contributed by atoms with Crippen molar-refractivity contribution >= 4 is 25.3 Å². The number of methoxy groups -OCH3 is 1. The molecule has 0 aliphatic carbocycles. The molecule has 5 heteroatoms. The highest BCUT2D eigenvalue weighted by molar-refractivity contribution is 8.00. The lowest BCUT2D eigenvalue weighted by atomic mass is 9.98. The fourth-order valence-electron chi connectivity index (χ4n) is 0.852. The summed E-state index contributed by atoms with van der Waals surface area (Å²) in [5.74, 6) is -3.46. The molecule has 0 aromatic heterocycles. The topological polar surface area (TPSA) is 9.23 Å². The Labute approximate surface area is 89.0 Å². The number of thiol groups is 2. The first kappa shape index (κ1) is 13.5. The van der Waals surface area contributed by atoms with Gasteiger partial charge in [0.05, 0.1) is 6.42 Å². The first-order chi connectivity index (χ1) is 5.75. The summed E-state index contributed by atoms with van der Waals surface area (Å²) >= 11 is 7.75. The molecule has 1 nitrogen and oxygen atoms in total. The van der Waals surface area contributed by atoms with Gasteiger partial charge >= 0.3 is 0 Å². The normalized spacial score (nSPS) is 15.9. The van der Waals surface area contributed by atoms with Crippen molar-refractivity contribution in [3.05, 3.63) is 0 Å². The molecule has 0 heterocycles. The molecule has 1 atom stereocenters. The van der Waals surface area contributed by atoms with Crippen molar-refractivity contribution < 1.29 is 13.5 Å².